The summed E-state index contributed by atoms with van der Waals surface area (Å²) in [6.07, 6.45) is 1.98. The van der Waals surface area contributed by atoms with Gasteiger partial charge in [-0.25, -0.2) is 0 Å². The molecule has 0 radical (unpaired) electrons. The monoisotopic (exact) mass is 264 g/mol. The Hall–Kier alpha value is -1.55. The highest BCUT2D eigenvalue weighted by molar-refractivity contribution is 5.83. The molecule has 4 heteroatoms. The Kier molecular flexibility index (Phi) is 6.36. The lowest BCUT2D eigenvalue weighted by Crippen LogP contribution is -2.37. The molecule has 0 aliphatic rings. The maximum atomic E-state index is 12.4. The van der Waals surface area contributed by atoms with Crippen LogP contribution in [0.5, 0.6) is 0 Å². The summed E-state index contributed by atoms with van der Waals surface area (Å²) in [6.45, 7) is 5.06. The normalized spacial score (nSPS) is 12.2. The maximum absolute atomic E-state index is 12.4. The van der Waals surface area contributed by atoms with E-state index < -0.39 is 0 Å². The number of carbonyl (C=O) groups excluding carboxylic acids is 1. The number of unbranched alkanes of at least 4 members (excludes halogenated alkanes) is 1. The largest absolute Gasteiger partial charge is 0.399 e. The van der Waals surface area contributed by atoms with Crippen LogP contribution in [-0.2, 0) is 4.79 Å². The van der Waals surface area contributed by atoms with Crippen LogP contribution in [-0.4, -0.2) is 35.6 Å². The van der Waals surface area contributed by atoms with Crippen LogP contribution in [0.25, 0.3) is 0 Å². The third-order valence-electron chi connectivity index (χ3n) is 3.24. The van der Waals surface area contributed by atoms with E-state index in [0.717, 1.165) is 18.4 Å². The minimum atomic E-state index is -0.230. The molecule has 19 heavy (non-hydrogen) atoms. The van der Waals surface area contributed by atoms with Crippen LogP contribution in [0, 0.1) is 0 Å². The van der Waals surface area contributed by atoms with E-state index in [1.54, 1.807) is 4.90 Å². The second-order valence-corrected chi connectivity index (χ2v) is 4.79. The molecular weight excluding hydrogens is 240 g/mol. The molecule has 0 saturated carbocycles. The standard InChI is InChI=1S/C15H24N2O2/c1-3-4-8-17(9-10-18)15(19)12(2)13-6-5-7-14(16)11-13/h5-7,11-12,18H,3-4,8-10,16H2,1-2H3. The fraction of sp³-hybridized carbons (Fsp3) is 0.533. The predicted octanol–water partition coefficient (Wildman–Crippen LogP) is 1.99. The molecule has 0 aromatic heterocycles. The third-order valence-corrected chi connectivity index (χ3v) is 3.24. The molecule has 1 aromatic rings. The van der Waals surface area contributed by atoms with Crippen molar-refractivity contribution < 1.29 is 9.90 Å². The summed E-state index contributed by atoms with van der Waals surface area (Å²) in [6, 6.07) is 7.41. The van der Waals surface area contributed by atoms with Gasteiger partial charge in [0.05, 0.1) is 12.5 Å². The summed E-state index contributed by atoms with van der Waals surface area (Å²) >= 11 is 0. The number of anilines is 1. The first-order valence-electron chi connectivity index (χ1n) is 6.85. The number of benzene rings is 1. The molecule has 106 valence electrons. The van der Waals surface area contributed by atoms with Crippen molar-refractivity contribution in [1.29, 1.82) is 0 Å². The molecule has 1 unspecified atom stereocenters. The van der Waals surface area contributed by atoms with Crippen molar-refractivity contribution in [3.8, 4) is 0 Å². The van der Waals surface area contributed by atoms with E-state index >= 15 is 0 Å². The van der Waals surface area contributed by atoms with Gasteiger partial charge in [0.1, 0.15) is 0 Å². The smallest absolute Gasteiger partial charge is 0.229 e. The van der Waals surface area contributed by atoms with Crippen molar-refractivity contribution in [3.05, 3.63) is 29.8 Å². The Morgan fingerprint density at radius 3 is 2.74 bits per heavy atom. The van der Waals surface area contributed by atoms with Crippen molar-refractivity contribution in [2.75, 3.05) is 25.4 Å². The molecule has 1 amide bonds. The molecule has 0 bridgehead atoms. The second kappa shape index (κ2) is 7.79. The number of hydrogen-bond acceptors (Lipinski definition) is 3. The highest BCUT2D eigenvalue weighted by atomic mass is 16.3. The van der Waals surface area contributed by atoms with Gasteiger partial charge in [-0.05, 0) is 31.0 Å². The molecule has 3 N–H and O–H groups in total. The second-order valence-electron chi connectivity index (χ2n) is 4.79. The van der Waals surface area contributed by atoms with Crippen molar-refractivity contribution in [3.63, 3.8) is 0 Å². The minimum absolute atomic E-state index is 0.000890. The zero-order valence-electron chi connectivity index (χ0n) is 11.8. The van der Waals surface area contributed by atoms with E-state index in [9.17, 15) is 4.79 Å². The van der Waals surface area contributed by atoms with Gasteiger partial charge in [-0.15, -0.1) is 0 Å². The van der Waals surface area contributed by atoms with Gasteiger partial charge in [-0.2, -0.15) is 0 Å². The highest BCUT2D eigenvalue weighted by Crippen LogP contribution is 2.20. The van der Waals surface area contributed by atoms with E-state index in [-0.39, 0.29) is 18.4 Å². The van der Waals surface area contributed by atoms with Gasteiger partial charge in [0.25, 0.3) is 0 Å². The number of nitrogen functional groups attached to an aromatic ring is 1. The highest BCUT2D eigenvalue weighted by Gasteiger charge is 2.21. The predicted molar refractivity (Wildman–Crippen MR) is 77.8 cm³/mol. The van der Waals surface area contributed by atoms with Crippen LogP contribution in [0.1, 0.15) is 38.2 Å². The van der Waals surface area contributed by atoms with E-state index in [2.05, 4.69) is 6.92 Å². The first-order chi connectivity index (χ1) is 9.10. The average molecular weight is 264 g/mol. The Bertz CT molecular complexity index is 407. The first kappa shape index (κ1) is 15.5. The number of aliphatic hydroxyl groups is 1. The fourth-order valence-corrected chi connectivity index (χ4v) is 2.05. The Labute approximate surface area is 115 Å². The lowest BCUT2D eigenvalue weighted by Gasteiger charge is -2.25. The SMILES string of the molecule is CCCCN(CCO)C(=O)C(C)c1cccc(N)c1. The summed E-state index contributed by atoms with van der Waals surface area (Å²) in [4.78, 5) is 14.2. The molecule has 1 rings (SSSR count). The number of nitrogens with zero attached hydrogens (tertiary/aromatic N) is 1. The maximum Gasteiger partial charge on any atom is 0.229 e. The van der Waals surface area contributed by atoms with Gasteiger partial charge in [0.15, 0.2) is 0 Å². The summed E-state index contributed by atoms with van der Waals surface area (Å²) in [5, 5.41) is 9.07. The van der Waals surface area contributed by atoms with Crippen molar-refractivity contribution in [2.24, 2.45) is 0 Å². The van der Waals surface area contributed by atoms with Crippen molar-refractivity contribution >= 4 is 11.6 Å². The van der Waals surface area contributed by atoms with Crippen LogP contribution in [0.4, 0.5) is 5.69 Å². The van der Waals surface area contributed by atoms with Gasteiger partial charge in [-0.1, -0.05) is 25.5 Å². The zero-order chi connectivity index (χ0) is 14.3. The van der Waals surface area contributed by atoms with Gasteiger partial charge < -0.3 is 15.7 Å². The molecule has 0 aliphatic heterocycles. The van der Waals surface area contributed by atoms with Gasteiger partial charge in [0.2, 0.25) is 5.91 Å². The van der Waals surface area contributed by atoms with Gasteiger partial charge in [-0.3, -0.25) is 4.79 Å². The molecule has 0 heterocycles. The van der Waals surface area contributed by atoms with Crippen LogP contribution < -0.4 is 5.73 Å². The number of carbonyl (C=O) groups is 1. The first-order valence-corrected chi connectivity index (χ1v) is 6.85. The minimum Gasteiger partial charge on any atom is -0.399 e. The summed E-state index contributed by atoms with van der Waals surface area (Å²) < 4.78 is 0. The molecular formula is C15H24N2O2. The number of nitrogens with two attached hydrogens (primary N) is 1. The van der Waals surface area contributed by atoms with Crippen LogP contribution in [0.15, 0.2) is 24.3 Å². The number of amides is 1. The van der Waals surface area contributed by atoms with Crippen molar-refractivity contribution in [2.45, 2.75) is 32.6 Å². The lowest BCUT2D eigenvalue weighted by molar-refractivity contribution is -0.133. The van der Waals surface area contributed by atoms with E-state index in [1.165, 1.54) is 0 Å². The Balaban J connectivity index is 2.77. The summed E-state index contributed by atoms with van der Waals surface area (Å²) in [7, 11) is 0. The summed E-state index contributed by atoms with van der Waals surface area (Å²) in [5.74, 6) is -0.181. The van der Waals surface area contributed by atoms with Crippen LogP contribution in [0.2, 0.25) is 0 Å². The number of hydrogen-bond donors (Lipinski definition) is 2. The molecule has 0 aliphatic carbocycles. The van der Waals surface area contributed by atoms with E-state index in [1.807, 2.05) is 31.2 Å². The lowest BCUT2D eigenvalue weighted by atomic mass is 9.99. The van der Waals surface area contributed by atoms with Gasteiger partial charge in [0, 0.05) is 18.8 Å². The molecule has 0 fully saturated rings. The van der Waals surface area contributed by atoms with Crippen LogP contribution in [0.3, 0.4) is 0 Å². The summed E-state index contributed by atoms with van der Waals surface area (Å²) in [5.41, 5.74) is 7.33. The molecule has 0 spiro atoms. The number of rotatable bonds is 7. The molecule has 0 saturated heterocycles. The Morgan fingerprint density at radius 1 is 1.42 bits per heavy atom. The van der Waals surface area contributed by atoms with Gasteiger partial charge >= 0.3 is 0 Å². The molecule has 1 atom stereocenters. The number of aliphatic hydroxyl groups excluding tert-OH is 1. The average Bonchev–Trinajstić information content (AvgIpc) is 2.42. The molecule has 4 nitrogen and oxygen atoms in total. The topological polar surface area (TPSA) is 66.6 Å². The Morgan fingerprint density at radius 2 is 2.16 bits per heavy atom. The van der Waals surface area contributed by atoms with E-state index in [4.69, 9.17) is 10.8 Å². The fourth-order valence-electron chi connectivity index (χ4n) is 2.05. The molecule has 1 aromatic carbocycles. The third kappa shape index (κ3) is 4.56. The van der Waals surface area contributed by atoms with Crippen molar-refractivity contribution in [1.82, 2.24) is 4.90 Å². The van der Waals surface area contributed by atoms with Crippen LogP contribution >= 0.6 is 0 Å². The van der Waals surface area contributed by atoms with E-state index in [0.29, 0.717) is 18.8 Å². The quantitative estimate of drug-likeness (QED) is 0.740. The zero-order valence-corrected chi connectivity index (χ0v) is 11.8.